The van der Waals surface area contributed by atoms with Gasteiger partial charge >= 0.3 is 0 Å². The number of pyridine rings is 1. The molecular weight excluding hydrogens is 341 g/mol. The Morgan fingerprint density at radius 3 is 2.78 bits per heavy atom. The maximum Gasteiger partial charge on any atom is 0.169 e. The second-order valence-corrected chi connectivity index (χ2v) is 5.27. The van der Waals surface area contributed by atoms with Crippen molar-refractivity contribution in [2.45, 2.75) is 0 Å². The highest BCUT2D eigenvalue weighted by atomic mass is 79.9. The fourth-order valence-corrected chi connectivity index (χ4v) is 2.53. The van der Waals surface area contributed by atoms with Gasteiger partial charge in [0.2, 0.25) is 0 Å². The molecule has 3 heterocycles. The topological polar surface area (TPSA) is 56.5 Å². The summed E-state index contributed by atoms with van der Waals surface area (Å²) in [5.41, 5.74) is 7.10. The molecule has 0 aromatic carbocycles. The minimum Gasteiger partial charge on any atom is -0.448 e. The zero-order valence-corrected chi connectivity index (χ0v) is 11.9. The smallest absolute Gasteiger partial charge is 0.169 e. The third-order valence-electron chi connectivity index (χ3n) is 2.49. The van der Waals surface area contributed by atoms with E-state index in [4.69, 9.17) is 33.4 Å². The molecule has 3 aromatic heterocycles. The summed E-state index contributed by atoms with van der Waals surface area (Å²) in [4.78, 5) is 4.37. The predicted octanol–water partition coefficient (Wildman–Crippen LogP) is 4.25. The molecule has 0 aliphatic heterocycles. The van der Waals surface area contributed by atoms with E-state index in [1.165, 1.54) is 0 Å². The van der Waals surface area contributed by atoms with E-state index in [0.29, 0.717) is 37.6 Å². The predicted molar refractivity (Wildman–Crippen MR) is 75.0 cm³/mol. The third kappa shape index (κ3) is 1.79. The second-order valence-electron chi connectivity index (χ2n) is 3.65. The van der Waals surface area contributed by atoms with Gasteiger partial charge in [0.25, 0.3) is 0 Å². The van der Waals surface area contributed by atoms with E-state index in [-0.39, 0.29) is 0 Å². The van der Waals surface area contributed by atoms with E-state index in [2.05, 4.69) is 20.9 Å². The summed E-state index contributed by atoms with van der Waals surface area (Å²) in [6, 6.07) is 5.16. The third-order valence-corrected chi connectivity index (χ3v) is 3.40. The molecule has 18 heavy (non-hydrogen) atoms. The first-order chi connectivity index (χ1) is 8.56. The molecule has 0 unspecified atom stereocenters. The molecule has 0 bridgehead atoms. The molecule has 4 nitrogen and oxygen atoms in total. The zero-order valence-electron chi connectivity index (χ0n) is 8.82. The molecule has 0 radical (unpaired) electrons. The number of nitrogen functional groups attached to an aromatic ring is 1. The molecule has 2 N–H and O–H groups in total. The molecule has 0 saturated heterocycles. The number of anilines is 1. The van der Waals surface area contributed by atoms with Crippen LogP contribution in [0.4, 0.5) is 5.82 Å². The standard InChI is InChI=1S/C11H6BrCl2N3O/c12-8-2-1-7(18-8)9-10(15)17-4-5(13)3-6(14)11(17)16-9/h1-4H,15H2. The van der Waals surface area contributed by atoms with Gasteiger partial charge in [0, 0.05) is 6.20 Å². The van der Waals surface area contributed by atoms with Crippen LogP contribution >= 0.6 is 39.1 Å². The van der Waals surface area contributed by atoms with Crippen LogP contribution in [-0.2, 0) is 0 Å². The van der Waals surface area contributed by atoms with Gasteiger partial charge < -0.3 is 10.2 Å². The number of nitrogens with zero attached hydrogens (tertiary/aromatic N) is 2. The van der Waals surface area contributed by atoms with Crippen LogP contribution in [0, 0.1) is 0 Å². The fraction of sp³-hybridized carbons (Fsp3) is 0. The highest BCUT2D eigenvalue weighted by molar-refractivity contribution is 9.10. The average Bonchev–Trinajstić information content (AvgIpc) is 2.85. The lowest BCUT2D eigenvalue weighted by atomic mass is 10.3. The normalized spacial score (nSPS) is 11.3. The Hall–Kier alpha value is -1.17. The molecule has 0 saturated carbocycles. The van der Waals surface area contributed by atoms with Gasteiger partial charge in [0.15, 0.2) is 16.1 Å². The van der Waals surface area contributed by atoms with Gasteiger partial charge in [-0.05, 0) is 34.1 Å². The number of halogens is 3. The van der Waals surface area contributed by atoms with Crippen LogP contribution < -0.4 is 5.73 Å². The van der Waals surface area contributed by atoms with E-state index >= 15 is 0 Å². The Bertz CT molecular complexity index is 750. The van der Waals surface area contributed by atoms with Gasteiger partial charge in [-0.15, -0.1) is 0 Å². The number of furan rings is 1. The number of aromatic nitrogens is 2. The van der Waals surface area contributed by atoms with Crippen LogP contribution in [0.25, 0.3) is 17.1 Å². The largest absolute Gasteiger partial charge is 0.448 e. The van der Waals surface area contributed by atoms with Crippen molar-refractivity contribution in [2.24, 2.45) is 0 Å². The van der Waals surface area contributed by atoms with Crippen LogP contribution in [0.1, 0.15) is 0 Å². The van der Waals surface area contributed by atoms with Crippen LogP contribution in [0.5, 0.6) is 0 Å². The Labute approximate surface area is 120 Å². The lowest BCUT2D eigenvalue weighted by molar-refractivity contribution is 0.554. The van der Waals surface area contributed by atoms with Crippen molar-refractivity contribution in [1.82, 2.24) is 9.38 Å². The summed E-state index contributed by atoms with van der Waals surface area (Å²) in [7, 11) is 0. The minimum absolute atomic E-state index is 0.427. The Morgan fingerprint density at radius 2 is 2.11 bits per heavy atom. The molecule has 92 valence electrons. The number of hydrogen-bond donors (Lipinski definition) is 1. The van der Waals surface area contributed by atoms with Crippen molar-refractivity contribution in [3.8, 4) is 11.5 Å². The number of fused-ring (bicyclic) bond motifs is 1. The van der Waals surface area contributed by atoms with E-state index in [1.807, 2.05) is 0 Å². The van der Waals surface area contributed by atoms with E-state index < -0.39 is 0 Å². The van der Waals surface area contributed by atoms with Crippen molar-refractivity contribution in [3.63, 3.8) is 0 Å². The van der Waals surface area contributed by atoms with Gasteiger partial charge in [-0.1, -0.05) is 23.2 Å². The summed E-state index contributed by atoms with van der Waals surface area (Å²) in [6.07, 6.45) is 1.66. The summed E-state index contributed by atoms with van der Waals surface area (Å²) in [6.45, 7) is 0. The van der Waals surface area contributed by atoms with Crippen LogP contribution in [-0.4, -0.2) is 9.38 Å². The number of imidazole rings is 1. The van der Waals surface area contributed by atoms with Gasteiger partial charge in [0.1, 0.15) is 11.5 Å². The van der Waals surface area contributed by atoms with Crippen molar-refractivity contribution in [2.75, 3.05) is 5.73 Å². The first-order valence-electron chi connectivity index (χ1n) is 4.94. The first-order valence-corrected chi connectivity index (χ1v) is 6.49. The number of nitrogens with two attached hydrogens (primary N) is 1. The molecule has 0 atom stereocenters. The molecule has 0 spiro atoms. The zero-order chi connectivity index (χ0) is 12.9. The van der Waals surface area contributed by atoms with Crippen LogP contribution in [0.15, 0.2) is 33.5 Å². The van der Waals surface area contributed by atoms with Gasteiger partial charge in [0.05, 0.1) is 10.0 Å². The van der Waals surface area contributed by atoms with E-state index in [0.717, 1.165) is 0 Å². The van der Waals surface area contributed by atoms with Crippen LogP contribution in [0.2, 0.25) is 10.0 Å². The van der Waals surface area contributed by atoms with Crippen molar-refractivity contribution >= 4 is 50.6 Å². The quantitative estimate of drug-likeness (QED) is 0.716. The summed E-state index contributed by atoms with van der Waals surface area (Å²) in [5, 5.41) is 0.926. The summed E-state index contributed by atoms with van der Waals surface area (Å²) >= 11 is 15.2. The fourth-order valence-electron chi connectivity index (χ4n) is 1.71. The monoisotopic (exact) mass is 345 g/mol. The molecule has 0 fully saturated rings. The summed E-state index contributed by atoms with van der Waals surface area (Å²) < 4.78 is 7.68. The molecule has 0 amide bonds. The van der Waals surface area contributed by atoms with E-state index in [1.54, 1.807) is 28.8 Å². The molecule has 3 aromatic rings. The highest BCUT2D eigenvalue weighted by Gasteiger charge is 2.16. The molecular formula is C11H6BrCl2N3O. The summed E-state index contributed by atoms with van der Waals surface area (Å²) in [5.74, 6) is 0.992. The second kappa shape index (κ2) is 4.19. The van der Waals surface area contributed by atoms with Crippen LogP contribution in [0.3, 0.4) is 0 Å². The molecule has 3 rings (SSSR count). The SMILES string of the molecule is Nc1c(-c2ccc(Br)o2)nc2c(Cl)cc(Cl)cn12. The Balaban J connectivity index is 2.32. The lowest BCUT2D eigenvalue weighted by Gasteiger charge is -1.99. The Morgan fingerprint density at radius 1 is 1.33 bits per heavy atom. The molecule has 7 heteroatoms. The van der Waals surface area contributed by atoms with Gasteiger partial charge in [-0.3, -0.25) is 4.40 Å². The Kier molecular flexibility index (Phi) is 2.77. The maximum absolute atomic E-state index is 6.08. The van der Waals surface area contributed by atoms with E-state index in [9.17, 15) is 0 Å². The lowest BCUT2D eigenvalue weighted by Crippen LogP contribution is -1.93. The number of rotatable bonds is 1. The van der Waals surface area contributed by atoms with Crippen molar-refractivity contribution < 1.29 is 4.42 Å². The van der Waals surface area contributed by atoms with Gasteiger partial charge in [-0.25, -0.2) is 4.98 Å². The highest BCUT2D eigenvalue weighted by Crippen LogP contribution is 2.32. The van der Waals surface area contributed by atoms with Crippen molar-refractivity contribution in [1.29, 1.82) is 0 Å². The van der Waals surface area contributed by atoms with Gasteiger partial charge in [-0.2, -0.15) is 0 Å². The number of hydrogen-bond acceptors (Lipinski definition) is 3. The average molecular weight is 347 g/mol. The molecule has 0 aliphatic carbocycles. The van der Waals surface area contributed by atoms with Crippen molar-refractivity contribution in [3.05, 3.63) is 39.1 Å². The maximum atomic E-state index is 6.08. The molecule has 0 aliphatic rings. The minimum atomic E-state index is 0.427. The first kappa shape index (κ1) is 11.9.